The lowest BCUT2D eigenvalue weighted by molar-refractivity contribution is 0.0696. The number of hydrogen-bond acceptors (Lipinski definition) is 4. The molecule has 134 valence electrons. The summed E-state index contributed by atoms with van der Waals surface area (Å²) in [5.41, 5.74) is 3.77. The number of fused-ring (bicyclic) bond motifs is 1. The molecule has 0 saturated carbocycles. The Balaban J connectivity index is 1.60. The van der Waals surface area contributed by atoms with E-state index in [0.29, 0.717) is 6.04 Å². The summed E-state index contributed by atoms with van der Waals surface area (Å²) in [5.74, 6) is 0.107. The second-order valence-electron chi connectivity index (χ2n) is 6.95. The minimum Gasteiger partial charge on any atom is -0.338 e. The molecule has 3 heterocycles. The average molecular weight is 349 g/mol. The average Bonchev–Trinajstić information content (AvgIpc) is 3.21. The van der Waals surface area contributed by atoms with Gasteiger partial charge in [-0.25, -0.2) is 0 Å². The number of carbonyl (C=O) groups is 1. The monoisotopic (exact) mass is 349 g/mol. The molecule has 1 amide bonds. The predicted molar refractivity (Wildman–Crippen MR) is 100 cm³/mol. The highest BCUT2D eigenvalue weighted by Crippen LogP contribution is 2.26. The van der Waals surface area contributed by atoms with Gasteiger partial charge in [0.2, 0.25) is 0 Å². The highest BCUT2D eigenvalue weighted by molar-refractivity contribution is 6.06. The Hall–Kier alpha value is -2.76. The van der Waals surface area contributed by atoms with Gasteiger partial charge in [0.25, 0.3) is 5.91 Å². The van der Waals surface area contributed by atoms with E-state index in [0.717, 1.165) is 54.5 Å². The number of aromatic nitrogens is 4. The van der Waals surface area contributed by atoms with Crippen LogP contribution in [0.25, 0.3) is 10.9 Å². The lowest BCUT2D eigenvalue weighted by Gasteiger charge is -2.32. The first-order valence-corrected chi connectivity index (χ1v) is 9.19. The van der Waals surface area contributed by atoms with Gasteiger partial charge in [0.1, 0.15) is 12.7 Å². The molecule has 4 rings (SSSR count). The molecule has 0 spiro atoms. The molecule has 0 unspecified atom stereocenters. The van der Waals surface area contributed by atoms with Crippen LogP contribution in [0.5, 0.6) is 0 Å². The Bertz CT molecular complexity index is 927. The highest BCUT2D eigenvalue weighted by atomic mass is 16.2. The Kier molecular flexibility index (Phi) is 4.41. The van der Waals surface area contributed by atoms with Crippen LogP contribution < -0.4 is 0 Å². The zero-order valence-corrected chi connectivity index (χ0v) is 15.2. The van der Waals surface area contributed by atoms with Crippen LogP contribution in [0.2, 0.25) is 0 Å². The largest absolute Gasteiger partial charge is 0.338 e. The van der Waals surface area contributed by atoms with Crippen molar-refractivity contribution in [2.45, 2.75) is 39.2 Å². The highest BCUT2D eigenvalue weighted by Gasteiger charge is 2.26. The Morgan fingerprint density at radius 1 is 1.15 bits per heavy atom. The first-order valence-electron chi connectivity index (χ1n) is 9.19. The number of benzene rings is 1. The van der Waals surface area contributed by atoms with Crippen molar-refractivity contribution in [3.63, 3.8) is 0 Å². The summed E-state index contributed by atoms with van der Waals surface area (Å²) in [6.07, 6.45) is 6.31. The van der Waals surface area contributed by atoms with Crippen LogP contribution in [-0.4, -0.2) is 43.6 Å². The van der Waals surface area contributed by atoms with Gasteiger partial charge in [-0.15, -0.1) is 10.2 Å². The third kappa shape index (κ3) is 3.07. The zero-order chi connectivity index (χ0) is 18.1. The minimum absolute atomic E-state index is 0.107. The second-order valence-corrected chi connectivity index (χ2v) is 6.95. The van der Waals surface area contributed by atoms with Crippen molar-refractivity contribution in [3.05, 3.63) is 53.7 Å². The summed E-state index contributed by atoms with van der Waals surface area (Å²) < 4.78 is 2.04. The number of carbonyl (C=O) groups excluding carboxylic acids is 1. The maximum Gasteiger partial charge on any atom is 0.254 e. The summed E-state index contributed by atoms with van der Waals surface area (Å²) >= 11 is 0. The number of pyridine rings is 1. The summed E-state index contributed by atoms with van der Waals surface area (Å²) in [6, 6.07) is 8.52. The van der Waals surface area contributed by atoms with Crippen LogP contribution in [0.4, 0.5) is 0 Å². The fourth-order valence-corrected chi connectivity index (χ4v) is 3.74. The van der Waals surface area contributed by atoms with Crippen LogP contribution in [0.3, 0.4) is 0 Å². The predicted octanol–water partition coefficient (Wildman–Crippen LogP) is 3.17. The quantitative estimate of drug-likeness (QED) is 0.728. The van der Waals surface area contributed by atoms with Gasteiger partial charge in [-0.05, 0) is 49.9 Å². The summed E-state index contributed by atoms with van der Waals surface area (Å²) in [7, 11) is 0. The first kappa shape index (κ1) is 16.7. The Morgan fingerprint density at radius 3 is 2.58 bits per heavy atom. The van der Waals surface area contributed by atoms with Crippen LogP contribution in [0, 0.1) is 6.92 Å². The van der Waals surface area contributed by atoms with Crippen molar-refractivity contribution in [1.29, 1.82) is 0 Å². The van der Waals surface area contributed by atoms with E-state index in [1.165, 1.54) is 5.56 Å². The number of piperidine rings is 1. The molecular weight excluding hydrogens is 326 g/mol. The topological polar surface area (TPSA) is 63.9 Å². The van der Waals surface area contributed by atoms with Crippen molar-refractivity contribution in [1.82, 2.24) is 24.6 Å². The molecule has 2 aromatic heterocycles. The number of likely N-dealkylation sites (tertiary alicyclic amines) is 1. The normalized spacial score (nSPS) is 15.5. The summed E-state index contributed by atoms with van der Waals surface area (Å²) in [6.45, 7) is 5.57. The van der Waals surface area contributed by atoms with E-state index in [1.54, 1.807) is 12.7 Å². The van der Waals surface area contributed by atoms with Crippen molar-refractivity contribution in [2.75, 3.05) is 13.1 Å². The van der Waals surface area contributed by atoms with E-state index in [1.807, 2.05) is 28.5 Å². The minimum atomic E-state index is 0.107. The van der Waals surface area contributed by atoms with Crippen LogP contribution >= 0.6 is 0 Å². The van der Waals surface area contributed by atoms with Crippen molar-refractivity contribution < 1.29 is 4.79 Å². The van der Waals surface area contributed by atoms with Crippen LogP contribution in [-0.2, 0) is 6.42 Å². The zero-order valence-electron chi connectivity index (χ0n) is 15.2. The smallest absolute Gasteiger partial charge is 0.254 e. The summed E-state index contributed by atoms with van der Waals surface area (Å²) in [5, 5.41) is 8.73. The number of aryl methyl sites for hydroxylation is 2. The molecule has 6 heteroatoms. The number of rotatable bonds is 3. The molecule has 1 saturated heterocycles. The maximum absolute atomic E-state index is 13.2. The standard InChI is InChI=1S/C20H23N5O/c1-3-15-4-5-19-17(11-15)18(10-14(2)23-19)20(26)24-8-6-16(7-9-24)25-12-21-22-13-25/h4-5,10-13,16H,3,6-9H2,1-2H3. The van der Waals surface area contributed by atoms with Gasteiger partial charge in [-0.2, -0.15) is 0 Å². The van der Waals surface area contributed by atoms with Gasteiger partial charge >= 0.3 is 0 Å². The molecule has 0 N–H and O–H groups in total. The fourth-order valence-electron chi connectivity index (χ4n) is 3.74. The lowest BCUT2D eigenvalue weighted by atomic mass is 10.0. The molecule has 0 bridgehead atoms. The molecule has 1 aliphatic rings. The molecule has 0 atom stereocenters. The number of hydrogen-bond donors (Lipinski definition) is 0. The van der Waals surface area contributed by atoms with E-state index in [4.69, 9.17) is 0 Å². The molecule has 1 fully saturated rings. The van der Waals surface area contributed by atoms with E-state index in [2.05, 4.69) is 34.2 Å². The van der Waals surface area contributed by atoms with E-state index >= 15 is 0 Å². The third-order valence-corrected chi connectivity index (χ3v) is 5.25. The Labute approximate surface area is 152 Å². The number of nitrogens with zero attached hydrogens (tertiary/aromatic N) is 5. The van der Waals surface area contributed by atoms with Crippen LogP contribution in [0.1, 0.15) is 47.4 Å². The van der Waals surface area contributed by atoms with Gasteiger partial charge < -0.3 is 9.47 Å². The molecule has 26 heavy (non-hydrogen) atoms. The number of amides is 1. The molecular formula is C20H23N5O. The fraction of sp³-hybridized carbons (Fsp3) is 0.400. The molecule has 6 nitrogen and oxygen atoms in total. The molecule has 0 aliphatic carbocycles. The van der Waals surface area contributed by atoms with Crippen molar-refractivity contribution >= 4 is 16.8 Å². The second kappa shape index (κ2) is 6.86. The third-order valence-electron chi connectivity index (χ3n) is 5.25. The van der Waals surface area contributed by atoms with Crippen molar-refractivity contribution in [2.24, 2.45) is 0 Å². The van der Waals surface area contributed by atoms with E-state index in [-0.39, 0.29) is 5.91 Å². The van der Waals surface area contributed by atoms with E-state index < -0.39 is 0 Å². The van der Waals surface area contributed by atoms with E-state index in [9.17, 15) is 4.79 Å². The van der Waals surface area contributed by atoms with Gasteiger partial charge in [0.05, 0.1) is 11.1 Å². The van der Waals surface area contributed by atoms with Gasteiger partial charge in [-0.3, -0.25) is 9.78 Å². The van der Waals surface area contributed by atoms with Crippen molar-refractivity contribution in [3.8, 4) is 0 Å². The molecule has 1 aliphatic heterocycles. The lowest BCUT2D eigenvalue weighted by Crippen LogP contribution is -2.39. The Morgan fingerprint density at radius 2 is 1.88 bits per heavy atom. The van der Waals surface area contributed by atoms with Gasteiger partial charge in [0, 0.05) is 30.2 Å². The molecule has 1 aromatic carbocycles. The summed E-state index contributed by atoms with van der Waals surface area (Å²) in [4.78, 5) is 19.8. The van der Waals surface area contributed by atoms with Gasteiger partial charge in [0.15, 0.2) is 0 Å². The first-order chi connectivity index (χ1) is 12.7. The molecule has 3 aromatic rings. The van der Waals surface area contributed by atoms with Gasteiger partial charge in [-0.1, -0.05) is 13.0 Å². The maximum atomic E-state index is 13.2. The van der Waals surface area contributed by atoms with Crippen LogP contribution in [0.15, 0.2) is 36.9 Å². The molecule has 0 radical (unpaired) electrons. The SMILES string of the molecule is CCc1ccc2nc(C)cc(C(=O)N3CCC(n4cnnc4)CC3)c2c1.